The second-order valence-electron chi connectivity index (χ2n) is 2.29. The summed E-state index contributed by atoms with van der Waals surface area (Å²) in [5, 5.41) is 29.0. The fourth-order valence-corrected chi connectivity index (χ4v) is 0.693. The lowest BCUT2D eigenvalue weighted by Gasteiger charge is -2.27. The lowest BCUT2D eigenvalue weighted by atomic mass is 10.0. The molecule has 0 bridgehead atoms. The van der Waals surface area contributed by atoms with Gasteiger partial charge >= 0.3 is 0 Å². The molecule has 0 aromatic heterocycles. The molecule has 0 amide bonds. The first-order chi connectivity index (χ1) is 5.74. The van der Waals surface area contributed by atoms with Gasteiger partial charge in [0.1, 0.15) is 0 Å². The number of aliphatic hydroxyl groups excluding tert-OH is 3. The van der Waals surface area contributed by atoms with E-state index in [4.69, 9.17) is 15.3 Å². The molecule has 0 atom stereocenters. The molecule has 0 aromatic rings. The minimum Gasteiger partial charge on any atom is -0.394 e. The molecule has 0 fully saturated rings. The quantitative estimate of drug-likeness (QED) is 0.452. The summed E-state index contributed by atoms with van der Waals surface area (Å²) < 4.78 is 0. The molecule has 0 rings (SSSR count). The SMILES string of the molecule is CC.CCNC(CO)(CO)CO. The van der Waals surface area contributed by atoms with Crippen LogP contribution in [0.15, 0.2) is 0 Å². The van der Waals surface area contributed by atoms with Gasteiger partial charge in [0.15, 0.2) is 0 Å². The van der Waals surface area contributed by atoms with Crippen LogP contribution in [-0.2, 0) is 0 Å². The topological polar surface area (TPSA) is 72.7 Å². The van der Waals surface area contributed by atoms with Gasteiger partial charge in [-0.15, -0.1) is 0 Å². The average molecular weight is 179 g/mol. The molecular formula is C8H21NO3. The van der Waals surface area contributed by atoms with Crippen molar-refractivity contribution in [3.8, 4) is 0 Å². The Balaban J connectivity index is 0. The molecule has 0 heterocycles. The molecule has 0 saturated carbocycles. The van der Waals surface area contributed by atoms with E-state index in [-0.39, 0.29) is 19.8 Å². The highest BCUT2D eigenvalue weighted by atomic mass is 16.3. The molecule has 0 aliphatic heterocycles. The van der Waals surface area contributed by atoms with Crippen LogP contribution in [0.4, 0.5) is 0 Å². The Morgan fingerprint density at radius 2 is 1.33 bits per heavy atom. The number of rotatable bonds is 5. The van der Waals surface area contributed by atoms with Crippen LogP contribution in [0.25, 0.3) is 0 Å². The molecule has 0 radical (unpaired) electrons. The van der Waals surface area contributed by atoms with Gasteiger partial charge in [-0.25, -0.2) is 0 Å². The van der Waals surface area contributed by atoms with Crippen molar-refractivity contribution < 1.29 is 15.3 Å². The second kappa shape index (κ2) is 8.93. The lowest BCUT2D eigenvalue weighted by Crippen LogP contribution is -2.54. The molecule has 0 spiro atoms. The van der Waals surface area contributed by atoms with Crippen molar-refractivity contribution >= 4 is 0 Å². The smallest absolute Gasteiger partial charge is 0.0881 e. The number of aliphatic hydroxyl groups is 3. The molecule has 0 aliphatic carbocycles. The van der Waals surface area contributed by atoms with Crippen LogP contribution in [0.2, 0.25) is 0 Å². The molecule has 0 unspecified atom stereocenters. The van der Waals surface area contributed by atoms with Crippen molar-refractivity contribution in [1.29, 1.82) is 0 Å². The zero-order chi connectivity index (χ0) is 10.0. The van der Waals surface area contributed by atoms with Crippen LogP contribution < -0.4 is 5.32 Å². The first kappa shape index (κ1) is 14.4. The van der Waals surface area contributed by atoms with E-state index in [0.717, 1.165) is 0 Å². The van der Waals surface area contributed by atoms with Gasteiger partial charge in [0.25, 0.3) is 0 Å². The first-order valence-corrected chi connectivity index (χ1v) is 4.32. The van der Waals surface area contributed by atoms with Crippen LogP contribution in [0.5, 0.6) is 0 Å². The third kappa shape index (κ3) is 4.66. The molecule has 76 valence electrons. The van der Waals surface area contributed by atoms with Gasteiger partial charge in [0, 0.05) is 0 Å². The molecule has 4 N–H and O–H groups in total. The predicted octanol–water partition coefficient (Wildman–Crippen LogP) is -0.662. The van der Waals surface area contributed by atoms with Gasteiger partial charge in [-0.3, -0.25) is 0 Å². The zero-order valence-corrected chi connectivity index (χ0v) is 8.17. The Morgan fingerprint density at radius 1 is 1.00 bits per heavy atom. The Labute approximate surface area is 74.2 Å². The molecule has 0 saturated heterocycles. The van der Waals surface area contributed by atoms with Crippen LogP contribution in [0.3, 0.4) is 0 Å². The highest BCUT2D eigenvalue weighted by Crippen LogP contribution is 1.99. The second-order valence-corrected chi connectivity index (χ2v) is 2.29. The van der Waals surface area contributed by atoms with E-state index in [0.29, 0.717) is 6.54 Å². The van der Waals surface area contributed by atoms with Crippen molar-refractivity contribution in [2.24, 2.45) is 0 Å². The van der Waals surface area contributed by atoms with Crippen LogP contribution in [-0.4, -0.2) is 47.2 Å². The monoisotopic (exact) mass is 179 g/mol. The summed E-state index contributed by atoms with van der Waals surface area (Å²) >= 11 is 0. The Hall–Kier alpha value is -0.160. The van der Waals surface area contributed by atoms with Gasteiger partial charge in [0.05, 0.1) is 25.4 Å². The Kier molecular flexibility index (Phi) is 10.7. The van der Waals surface area contributed by atoms with Gasteiger partial charge in [-0.05, 0) is 6.54 Å². The zero-order valence-electron chi connectivity index (χ0n) is 8.17. The van der Waals surface area contributed by atoms with E-state index in [2.05, 4.69) is 5.32 Å². The summed E-state index contributed by atoms with van der Waals surface area (Å²) in [7, 11) is 0. The maximum absolute atomic E-state index is 8.73. The van der Waals surface area contributed by atoms with Gasteiger partial charge < -0.3 is 20.6 Å². The van der Waals surface area contributed by atoms with E-state index >= 15 is 0 Å². The number of likely N-dealkylation sites (N-methyl/N-ethyl adjacent to an activating group) is 1. The minimum atomic E-state index is -0.908. The van der Waals surface area contributed by atoms with Gasteiger partial charge in [-0.2, -0.15) is 0 Å². The summed E-state index contributed by atoms with van der Waals surface area (Å²) in [5.74, 6) is 0. The summed E-state index contributed by atoms with van der Waals surface area (Å²) in [6.45, 7) is 5.69. The highest BCUT2D eigenvalue weighted by Gasteiger charge is 2.25. The third-order valence-corrected chi connectivity index (χ3v) is 1.46. The molecule has 0 aromatic carbocycles. The molecule has 12 heavy (non-hydrogen) atoms. The fourth-order valence-electron chi connectivity index (χ4n) is 0.693. The van der Waals surface area contributed by atoms with Crippen molar-refractivity contribution in [1.82, 2.24) is 5.32 Å². The van der Waals surface area contributed by atoms with Crippen molar-refractivity contribution in [2.45, 2.75) is 26.3 Å². The summed E-state index contributed by atoms with van der Waals surface area (Å²) in [6.07, 6.45) is 0. The highest BCUT2D eigenvalue weighted by molar-refractivity contribution is 4.85. The Bertz CT molecular complexity index is 76.1. The third-order valence-electron chi connectivity index (χ3n) is 1.46. The fraction of sp³-hybridized carbons (Fsp3) is 1.00. The molecule has 4 nitrogen and oxygen atoms in total. The number of nitrogens with one attached hydrogen (secondary N) is 1. The standard InChI is InChI=1S/C6H15NO3.C2H6/c1-2-7-6(3-8,4-9)5-10;1-2/h7-10H,2-5H2,1H3;1-2H3. The number of hydrogen-bond donors (Lipinski definition) is 4. The maximum atomic E-state index is 8.73. The van der Waals surface area contributed by atoms with Crippen LogP contribution in [0, 0.1) is 0 Å². The molecule has 0 aliphatic rings. The molecule has 4 heteroatoms. The van der Waals surface area contributed by atoms with Crippen molar-refractivity contribution in [3.05, 3.63) is 0 Å². The average Bonchev–Trinajstić information content (AvgIpc) is 2.18. The first-order valence-electron chi connectivity index (χ1n) is 4.32. The van der Waals surface area contributed by atoms with E-state index < -0.39 is 5.54 Å². The summed E-state index contributed by atoms with van der Waals surface area (Å²) in [6, 6.07) is 0. The lowest BCUT2D eigenvalue weighted by molar-refractivity contribution is 0.0439. The van der Waals surface area contributed by atoms with E-state index in [9.17, 15) is 0 Å². The Morgan fingerprint density at radius 3 is 1.42 bits per heavy atom. The minimum absolute atomic E-state index is 0.256. The number of hydrogen-bond acceptors (Lipinski definition) is 4. The van der Waals surface area contributed by atoms with E-state index in [1.165, 1.54) is 0 Å². The van der Waals surface area contributed by atoms with Crippen molar-refractivity contribution in [2.75, 3.05) is 26.4 Å². The predicted molar refractivity (Wildman–Crippen MR) is 49.0 cm³/mol. The van der Waals surface area contributed by atoms with Gasteiger partial charge in [0.2, 0.25) is 0 Å². The van der Waals surface area contributed by atoms with Crippen LogP contribution >= 0.6 is 0 Å². The van der Waals surface area contributed by atoms with Gasteiger partial charge in [-0.1, -0.05) is 20.8 Å². The maximum Gasteiger partial charge on any atom is 0.0881 e. The van der Waals surface area contributed by atoms with Crippen LogP contribution in [0.1, 0.15) is 20.8 Å². The summed E-state index contributed by atoms with van der Waals surface area (Å²) in [4.78, 5) is 0. The largest absolute Gasteiger partial charge is 0.394 e. The van der Waals surface area contributed by atoms with Crippen molar-refractivity contribution in [3.63, 3.8) is 0 Å². The normalized spacial score (nSPS) is 10.5. The van der Waals surface area contributed by atoms with E-state index in [1.54, 1.807) is 0 Å². The molecular weight excluding hydrogens is 158 g/mol. The van der Waals surface area contributed by atoms with E-state index in [1.807, 2.05) is 20.8 Å². The summed E-state index contributed by atoms with van der Waals surface area (Å²) in [5.41, 5.74) is -0.908.